The number of hydrogen-bond donors (Lipinski definition) is 0. The zero-order valence-corrected chi connectivity index (χ0v) is 16.9. The molecule has 4 rings (SSSR count). The standard InChI is InChI=1S/C22H28N2O5/c1-3-8-24-20(25)14-17(21(26)27-2)22(24)6-9-23(10-7-22)15-16-4-5-18-19(13-16)29-12-11-28-18/h3-5,13,17H,1,6-12,14-15H2,2H3. The Morgan fingerprint density at radius 1 is 1.28 bits per heavy atom. The van der Waals surface area contributed by atoms with E-state index in [1.54, 1.807) is 6.08 Å². The molecule has 1 aromatic carbocycles. The van der Waals surface area contributed by atoms with Crippen LogP contribution in [0.1, 0.15) is 24.8 Å². The number of likely N-dealkylation sites (tertiary alicyclic amines) is 2. The van der Waals surface area contributed by atoms with Gasteiger partial charge < -0.3 is 19.1 Å². The van der Waals surface area contributed by atoms with Gasteiger partial charge in [0.15, 0.2) is 11.5 Å². The molecule has 7 heteroatoms. The molecular formula is C22H28N2O5. The molecule has 1 aromatic rings. The van der Waals surface area contributed by atoms with E-state index in [1.807, 2.05) is 17.0 Å². The first-order valence-corrected chi connectivity index (χ1v) is 10.2. The lowest BCUT2D eigenvalue weighted by Crippen LogP contribution is -2.57. The minimum Gasteiger partial charge on any atom is -0.486 e. The van der Waals surface area contributed by atoms with Gasteiger partial charge in [0.25, 0.3) is 0 Å². The molecule has 2 fully saturated rings. The quantitative estimate of drug-likeness (QED) is 0.556. The van der Waals surface area contributed by atoms with E-state index in [0.717, 1.165) is 44.0 Å². The monoisotopic (exact) mass is 400 g/mol. The van der Waals surface area contributed by atoms with Crippen molar-refractivity contribution in [3.8, 4) is 11.5 Å². The summed E-state index contributed by atoms with van der Waals surface area (Å²) < 4.78 is 16.3. The highest BCUT2D eigenvalue weighted by atomic mass is 16.6. The lowest BCUT2D eigenvalue weighted by Gasteiger charge is -2.47. The summed E-state index contributed by atoms with van der Waals surface area (Å²) in [4.78, 5) is 29.2. The van der Waals surface area contributed by atoms with Gasteiger partial charge in [0, 0.05) is 32.6 Å². The second-order valence-electron chi connectivity index (χ2n) is 7.93. The summed E-state index contributed by atoms with van der Waals surface area (Å²) in [6, 6.07) is 6.07. The van der Waals surface area contributed by atoms with E-state index in [1.165, 1.54) is 12.7 Å². The predicted molar refractivity (Wildman–Crippen MR) is 107 cm³/mol. The van der Waals surface area contributed by atoms with Crippen molar-refractivity contribution in [3.05, 3.63) is 36.4 Å². The minimum absolute atomic E-state index is 0.0144. The summed E-state index contributed by atoms with van der Waals surface area (Å²) in [5.74, 6) is 0.914. The van der Waals surface area contributed by atoms with Gasteiger partial charge in [-0.05, 0) is 30.5 Å². The van der Waals surface area contributed by atoms with E-state index >= 15 is 0 Å². The zero-order chi connectivity index (χ0) is 20.4. The molecule has 0 N–H and O–H groups in total. The number of ether oxygens (including phenoxy) is 3. The molecule has 1 spiro atoms. The summed E-state index contributed by atoms with van der Waals surface area (Å²) in [6.07, 6.45) is 3.46. The molecule has 1 unspecified atom stereocenters. The predicted octanol–water partition coefficient (Wildman–Crippen LogP) is 2.00. The molecule has 3 heterocycles. The molecule has 0 radical (unpaired) electrons. The van der Waals surface area contributed by atoms with Crippen LogP contribution in [0.4, 0.5) is 0 Å². The number of benzene rings is 1. The SMILES string of the molecule is C=CCN1C(=O)CC(C(=O)OC)C12CCN(Cc1ccc3c(c1)OCCO3)CC2. The Hall–Kier alpha value is -2.54. The normalized spacial score (nSPS) is 23.3. The van der Waals surface area contributed by atoms with Crippen molar-refractivity contribution < 1.29 is 23.8 Å². The highest BCUT2D eigenvalue weighted by Gasteiger charge is 2.56. The van der Waals surface area contributed by atoms with Crippen molar-refractivity contribution in [2.45, 2.75) is 31.3 Å². The molecule has 1 atom stereocenters. The van der Waals surface area contributed by atoms with Gasteiger partial charge in [0.1, 0.15) is 13.2 Å². The number of fused-ring (bicyclic) bond motifs is 1. The van der Waals surface area contributed by atoms with Crippen LogP contribution in [0.3, 0.4) is 0 Å². The third-order valence-electron chi connectivity index (χ3n) is 6.40. The number of methoxy groups -OCH3 is 1. The lowest BCUT2D eigenvalue weighted by molar-refractivity contribution is -0.150. The van der Waals surface area contributed by atoms with Gasteiger partial charge in [-0.3, -0.25) is 14.5 Å². The maximum absolute atomic E-state index is 12.6. The Morgan fingerprint density at radius 2 is 2.00 bits per heavy atom. The van der Waals surface area contributed by atoms with Crippen LogP contribution < -0.4 is 9.47 Å². The highest BCUT2D eigenvalue weighted by molar-refractivity contribution is 5.89. The van der Waals surface area contributed by atoms with Crippen LogP contribution >= 0.6 is 0 Å². The number of carbonyl (C=O) groups is 2. The van der Waals surface area contributed by atoms with Crippen LogP contribution in [-0.2, 0) is 20.9 Å². The van der Waals surface area contributed by atoms with E-state index in [2.05, 4.69) is 17.5 Å². The molecule has 7 nitrogen and oxygen atoms in total. The van der Waals surface area contributed by atoms with Crippen molar-refractivity contribution >= 4 is 11.9 Å². The highest BCUT2D eigenvalue weighted by Crippen LogP contribution is 2.44. The van der Waals surface area contributed by atoms with Crippen LogP contribution in [0.5, 0.6) is 11.5 Å². The van der Waals surface area contributed by atoms with Gasteiger partial charge in [0.05, 0.1) is 18.6 Å². The second-order valence-corrected chi connectivity index (χ2v) is 7.93. The van der Waals surface area contributed by atoms with Gasteiger partial charge in [-0.2, -0.15) is 0 Å². The van der Waals surface area contributed by atoms with E-state index in [-0.39, 0.29) is 18.3 Å². The molecule has 3 aliphatic rings. The zero-order valence-electron chi connectivity index (χ0n) is 16.9. The third-order valence-corrected chi connectivity index (χ3v) is 6.40. The summed E-state index contributed by atoms with van der Waals surface area (Å²) in [5, 5.41) is 0. The van der Waals surface area contributed by atoms with Crippen molar-refractivity contribution in [2.75, 3.05) is 40.0 Å². The van der Waals surface area contributed by atoms with E-state index in [0.29, 0.717) is 19.8 Å². The molecular weight excluding hydrogens is 372 g/mol. The fourth-order valence-corrected chi connectivity index (χ4v) is 4.93. The van der Waals surface area contributed by atoms with Gasteiger partial charge in [-0.15, -0.1) is 6.58 Å². The summed E-state index contributed by atoms with van der Waals surface area (Å²) in [6.45, 7) is 7.83. The first-order chi connectivity index (χ1) is 14.1. The Balaban J connectivity index is 1.47. The topological polar surface area (TPSA) is 68.3 Å². The molecule has 0 saturated carbocycles. The first kappa shape index (κ1) is 19.8. The van der Waals surface area contributed by atoms with E-state index < -0.39 is 11.5 Å². The maximum atomic E-state index is 12.6. The summed E-state index contributed by atoms with van der Waals surface area (Å²) >= 11 is 0. The second kappa shape index (κ2) is 8.06. The van der Waals surface area contributed by atoms with Crippen LogP contribution in [0.25, 0.3) is 0 Å². The van der Waals surface area contributed by atoms with Crippen LogP contribution in [0.2, 0.25) is 0 Å². The largest absolute Gasteiger partial charge is 0.486 e. The van der Waals surface area contributed by atoms with E-state index in [9.17, 15) is 9.59 Å². The van der Waals surface area contributed by atoms with Gasteiger partial charge in [0.2, 0.25) is 5.91 Å². The van der Waals surface area contributed by atoms with Crippen LogP contribution in [-0.4, -0.2) is 67.2 Å². The van der Waals surface area contributed by atoms with Crippen LogP contribution in [0, 0.1) is 5.92 Å². The molecule has 29 heavy (non-hydrogen) atoms. The Morgan fingerprint density at radius 3 is 2.69 bits per heavy atom. The smallest absolute Gasteiger partial charge is 0.311 e. The van der Waals surface area contributed by atoms with Crippen molar-refractivity contribution in [1.82, 2.24) is 9.80 Å². The number of esters is 1. The van der Waals surface area contributed by atoms with Crippen LogP contribution in [0.15, 0.2) is 30.9 Å². The number of carbonyl (C=O) groups excluding carboxylic acids is 2. The molecule has 0 bridgehead atoms. The van der Waals surface area contributed by atoms with Crippen molar-refractivity contribution in [2.24, 2.45) is 5.92 Å². The average Bonchev–Trinajstić information content (AvgIpc) is 3.01. The van der Waals surface area contributed by atoms with Crippen molar-refractivity contribution in [1.29, 1.82) is 0 Å². The fraction of sp³-hybridized carbons (Fsp3) is 0.545. The maximum Gasteiger partial charge on any atom is 0.311 e. The van der Waals surface area contributed by atoms with Gasteiger partial charge in [-0.25, -0.2) is 0 Å². The Labute approximate surface area is 171 Å². The molecule has 0 aromatic heterocycles. The first-order valence-electron chi connectivity index (χ1n) is 10.2. The van der Waals surface area contributed by atoms with Crippen molar-refractivity contribution in [3.63, 3.8) is 0 Å². The number of nitrogens with zero attached hydrogens (tertiary/aromatic N) is 2. The fourth-order valence-electron chi connectivity index (χ4n) is 4.93. The lowest BCUT2D eigenvalue weighted by atomic mass is 9.76. The molecule has 2 saturated heterocycles. The number of hydrogen-bond acceptors (Lipinski definition) is 6. The minimum atomic E-state index is -0.471. The van der Waals surface area contributed by atoms with Gasteiger partial charge in [-0.1, -0.05) is 12.1 Å². The number of amides is 1. The van der Waals surface area contributed by atoms with E-state index in [4.69, 9.17) is 14.2 Å². The summed E-state index contributed by atoms with van der Waals surface area (Å²) in [5.41, 5.74) is 0.696. The number of rotatable bonds is 5. The molecule has 3 aliphatic heterocycles. The summed E-state index contributed by atoms with van der Waals surface area (Å²) in [7, 11) is 1.40. The number of piperidine rings is 1. The molecule has 0 aliphatic carbocycles. The average molecular weight is 400 g/mol. The Bertz CT molecular complexity index is 800. The Kier molecular flexibility index (Phi) is 5.50. The molecule has 156 valence electrons. The third kappa shape index (κ3) is 3.59. The molecule has 1 amide bonds. The van der Waals surface area contributed by atoms with Gasteiger partial charge >= 0.3 is 5.97 Å².